The maximum absolute atomic E-state index is 12.2. The Morgan fingerprint density at radius 2 is 2.09 bits per heavy atom. The molecule has 1 atom stereocenters. The average molecular weight is 306 g/mol. The number of likely N-dealkylation sites (N-methyl/N-ethyl adjacent to an activating group) is 2. The van der Waals surface area contributed by atoms with Gasteiger partial charge in [0.2, 0.25) is 5.78 Å². The molecule has 1 unspecified atom stereocenters. The molecule has 0 saturated heterocycles. The molecule has 1 amide bonds. The number of quaternary nitrogens is 1. The molecule has 0 aromatic heterocycles. The van der Waals surface area contributed by atoms with Crippen LogP contribution in [0, 0.1) is 0 Å². The molecule has 118 valence electrons. The Labute approximate surface area is 128 Å². The third-order valence-electron chi connectivity index (χ3n) is 3.45. The lowest BCUT2D eigenvalue weighted by atomic mass is 10.1. The van der Waals surface area contributed by atoms with E-state index in [4.69, 9.17) is 4.74 Å². The van der Waals surface area contributed by atoms with Crippen molar-refractivity contribution in [2.45, 2.75) is 6.92 Å². The number of rotatable bonds is 6. The molecule has 1 N–H and O–H groups in total. The van der Waals surface area contributed by atoms with Gasteiger partial charge in [0.1, 0.15) is 18.8 Å². The van der Waals surface area contributed by atoms with Crippen molar-refractivity contribution in [3.63, 3.8) is 0 Å². The molecule has 1 aromatic carbocycles. The van der Waals surface area contributed by atoms with Crippen molar-refractivity contribution < 1.29 is 29.1 Å². The molecule has 1 aliphatic heterocycles. The zero-order chi connectivity index (χ0) is 16.3. The molecule has 0 fully saturated rings. The van der Waals surface area contributed by atoms with Crippen LogP contribution in [0.15, 0.2) is 18.2 Å². The summed E-state index contributed by atoms with van der Waals surface area (Å²) in [5.74, 6) is -0.991. The van der Waals surface area contributed by atoms with Gasteiger partial charge >= 0.3 is 0 Å². The number of fused-ring (bicyclic) bond motifs is 1. The monoisotopic (exact) mass is 306 g/mol. The first-order chi connectivity index (χ1) is 10.4. The van der Waals surface area contributed by atoms with Crippen molar-refractivity contribution in [2.75, 3.05) is 38.2 Å². The van der Waals surface area contributed by atoms with Crippen molar-refractivity contribution in [3.8, 4) is 5.75 Å². The number of amides is 1. The molecule has 0 aliphatic carbocycles. The van der Waals surface area contributed by atoms with E-state index in [0.717, 1.165) is 0 Å². The molecule has 0 spiro atoms. The molecular formula is C15H18N2O5. The minimum Gasteiger partial charge on any atom is -0.544 e. The van der Waals surface area contributed by atoms with Gasteiger partial charge in [-0.25, -0.2) is 0 Å². The van der Waals surface area contributed by atoms with Gasteiger partial charge in [-0.15, -0.1) is 0 Å². The summed E-state index contributed by atoms with van der Waals surface area (Å²) in [7, 11) is 1.61. The van der Waals surface area contributed by atoms with Gasteiger partial charge in [-0.3, -0.25) is 9.59 Å². The van der Waals surface area contributed by atoms with Gasteiger partial charge in [0.05, 0.1) is 18.7 Å². The van der Waals surface area contributed by atoms with Gasteiger partial charge in [0.15, 0.2) is 6.61 Å². The molecule has 0 saturated carbocycles. The molecule has 7 heteroatoms. The number of ketones is 1. The lowest BCUT2D eigenvalue weighted by molar-refractivity contribution is -0.864. The molecule has 1 heterocycles. The number of carboxylic acid groups (broad SMARTS) is 1. The highest BCUT2D eigenvalue weighted by molar-refractivity contribution is 6.02. The van der Waals surface area contributed by atoms with Crippen LogP contribution in [-0.4, -0.2) is 50.9 Å². The van der Waals surface area contributed by atoms with Crippen LogP contribution < -0.4 is 19.6 Å². The summed E-state index contributed by atoms with van der Waals surface area (Å²) in [6, 6.07) is 4.90. The molecule has 7 nitrogen and oxygen atoms in total. The van der Waals surface area contributed by atoms with Gasteiger partial charge in [0.25, 0.3) is 5.91 Å². The Morgan fingerprint density at radius 3 is 2.73 bits per heavy atom. The molecular weight excluding hydrogens is 288 g/mol. The second-order valence-corrected chi connectivity index (χ2v) is 5.22. The summed E-state index contributed by atoms with van der Waals surface area (Å²) < 4.78 is 5.34. The van der Waals surface area contributed by atoms with E-state index in [9.17, 15) is 19.5 Å². The summed E-state index contributed by atoms with van der Waals surface area (Å²) in [6.45, 7) is 2.13. The maximum atomic E-state index is 12.2. The van der Waals surface area contributed by atoms with Crippen molar-refractivity contribution >= 4 is 23.3 Å². The highest BCUT2D eigenvalue weighted by Crippen LogP contribution is 2.32. The first-order valence-electron chi connectivity index (χ1n) is 7.04. The van der Waals surface area contributed by atoms with Gasteiger partial charge in [-0.2, -0.15) is 0 Å². The van der Waals surface area contributed by atoms with Crippen molar-refractivity contribution in [3.05, 3.63) is 23.8 Å². The molecule has 0 bridgehead atoms. The highest BCUT2D eigenvalue weighted by Gasteiger charge is 2.25. The number of carboxylic acids is 1. The summed E-state index contributed by atoms with van der Waals surface area (Å²) in [4.78, 5) is 36.7. The zero-order valence-electron chi connectivity index (χ0n) is 12.5. The van der Waals surface area contributed by atoms with Gasteiger partial charge in [-0.05, 0) is 25.1 Å². The second kappa shape index (κ2) is 6.57. The van der Waals surface area contributed by atoms with Crippen molar-refractivity contribution in [1.29, 1.82) is 0 Å². The number of hydrogen-bond donors (Lipinski definition) is 1. The Kier molecular flexibility index (Phi) is 4.77. The molecule has 0 radical (unpaired) electrons. The van der Waals surface area contributed by atoms with Gasteiger partial charge < -0.3 is 24.4 Å². The van der Waals surface area contributed by atoms with Gasteiger partial charge in [0, 0.05) is 12.1 Å². The fourth-order valence-electron chi connectivity index (χ4n) is 2.41. The fourth-order valence-corrected chi connectivity index (χ4v) is 2.41. The number of Topliss-reactive ketones (excluding diaryl/α,β-unsaturated/α-hetero) is 1. The first-order valence-corrected chi connectivity index (χ1v) is 7.04. The second-order valence-electron chi connectivity index (χ2n) is 5.22. The quantitative estimate of drug-likeness (QED) is 0.607. The fraction of sp³-hybridized carbons (Fsp3) is 0.400. The number of anilines is 1. The van der Waals surface area contributed by atoms with Crippen LogP contribution in [0.4, 0.5) is 5.69 Å². The molecule has 22 heavy (non-hydrogen) atoms. The average Bonchev–Trinajstić information content (AvgIpc) is 2.45. The zero-order valence-corrected chi connectivity index (χ0v) is 12.5. The largest absolute Gasteiger partial charge is 0.544 e. The van der Waals surface area contributed by atoms with E-state index in [-0.39, 0.29) is 31.4 Å². The highest BCUT2D eigenvalue weighted by atomic mass is 16.5. The SMILES string of the molecule is CCN1C(=O)COc2ccc(C(=O)C[NH+](C)CC(=O)[O-])cc21. The number of aliphatic carboxylic acids is 1. The number of hydrogen-bond acceptors (Lipinski definition) is 5. The first kappa shape index (κ1) is 16.0. The minimum absolute atomic E-state index is 0.00731. The summed E-state index contributed by atoms with van der Waals surface area (Å²) in [5.41, 5.74) is 0.996. The lowest BCUT2D eigenvalue weighted by Crippen LogP contribution is -3.11. The standard InChI is InChI=1S/C15H18N2O5/c1-3-17-11-6-10(4-5-13(11)22-9-14(17)19)12(18)7-16(2)8-15(20)21/h4-6H,3,7-9H2,1-2H3,(H,20,21). The molecule has 1 aromatic rings. The van der Waals surface area contributed by atoms with Crippen LogP contribution in [0.2, 0.25) is 0 Å². The predicted molar refractivity (Wildman–Crippen MR) is 75.9 cm³/mol. The third kappa shape index (κ3) is 3.43. The van der Waals surface area contributed by atoms with Crippen LogP contribution in [0.5, 0.6) is 5.75 Å². The number of carbonyl (C=O) groups excluding carboxylic acids is 3. The topological polar surface area (TPSA) is 91.2 Å². The van der Waals surface area contributed by atoms with E-state index < -0.39 is 5.97 Å². The minimum atomic E-state index is -1.20. The van der Waals surface area contributed by atoms with E-state index in [1.165, 1.54) is 0 Å². The smallest absolute Gasteiger partial charge is 0.265 e. The summed E-state index contributed by atoms with van der Waals surface area (Å²) in [5, 5.41) is 10.5. The molecule has 2 rings (SSSR count). The number of nitrogens with one attached hydrogen (secondary N) is 1. The molecule has 1 aliphatic rings. The number of benzene rings is 1. The van der Waals surface area contributed by atoms with Crippen molar-refractivity contribution in [1.82, 2.24) is 0 Å². The third-order valence-corrected chi connectivity index (χ3v) is 3.45. The van der Waals surface area contributed by atoms with E-state index in [2.05, 4.69) is 0 Å². The van der Waals surface area contributed by atoms with E-state index in [0.29, 0.717) is 28.4 Å². The Bertz CT molecular complexity index is 614. The summed E-state index contributed by atoms with van der Waals surface area (Å²) in [6.07, 6.45) is 0. The van der Waals surface area contributed by atoms with Crippen LogP contribution in [0.3, 0.4) is 0 Å². The van der Waals surface area contributed by atoms with Crippen LogP contribution >= 0.6 is 0 Å². The van der Waals surface area contributed by atoms with Crippen LogP contribution in [0.25, 0.3) is 0 Å². The van der Waals surface area contributed by atoms with E-state index >= 15 is 0 Å². The Hall–Kier alpha value is -2.41. The normalized spacial score (nSPS) is 15.0. The Morgan fingerprint density at radius 1 is 1.36 bits per heavy atom. The maximum Gasteiger partial charge on any atom is 0.265 e. The number of nitrogens with zero attached hydrogens (tertiary/aromatic N) is 1. The number of ether oxygens (including phenoxy) is 1. The van der Waals surface area contributed by atoms with Crippen molar-refractivity contribution in [2.24, 2.45) is 0 Å². The van der Waals surface area contributed by atoms with E-state index in [1.807, 2.05) is 6.92 Å². The predicted octanol–water partition coefficient (Wildman–Crippen LogP) is -2.12. The van der Waals surface area contributed by atoms with Crippen LogP contribution in [-0.2, 0) is 9.59 Å². The van der Waals surface area contributed by atoms with E-state index in [1.54, 1.807) is 30.1 Å². The van der Waals surface area contributed by atoms with Crippen LogP contribution in [0.1, 0.15) is 17.3 Å². The lowest BCUT2D eigenvalue weighted by Gasteiger charge is -2.28. The summed E-state index contributed by atoms with van der Waals surface area (Å²) >= 11 is 0. The van der Waals surface area contributed by atoms with Gasteiger partial charge in [-0.1, -0.05) is 0 Å². The Balaban J connectivity index is 2.19. The number of carbonyl (C=O) groups is 3.